The lowest BCUT2D eigenvalue weighted by Gasteiger charge is -2.37. The van der Waals surface area contributed by atoms with Gasteiger partial charge in [-0.1, -0.05) is 0 Å². The number of anilines is 1. The largest absolute Gasteiger partial charge is 0.479 e. The predicted octanol–water partition coefficient (Wildman–Crippen LogP) is 3.24. The van der Waals surface area contributed by atoms with Crippen molar-refractivity contribution in [3.63, 3.8) is 0 Å². The van der Waals surface area contributed by atoms with Crippen LogP contribution in [0.1, 0.15) is 6.42 Å². The van der Waals surface area contributed by atoms with Crippen LogP contribution in [0.4, 0.5) is 27.9 Å². The molecule has 10 nitrogen and oxygen atoms in total. The number of aromatic nitrogens is 5. The summed E-state index contributed by atoms with van der Waals surface area (Å²) in [7, 11) is -2.47. The molecule has 1 atom stereocenters. The number of alkyl halides is 4. The Labute approximate surface area is 213 Å². The van der Waals surface area contributed by atoms with E-state index in [1.54, 1.807) is 6.07 Å². The Kier molecular flexibility index (Phi) is 6.41. The highest BCUT2D eigenvalue weighted by atomic mass is 32.2. The first kappa shape index (κ1) is 26.1. The zero-order chi connectivity index (χ0) is 27.4. The van der Waals surface area contributed by atoms with E-state index < -0.39 is 47.3 Å². The molecule has 5 rings (SSSR count). The summed E-state index contributed by atoms with van der Waals surface area (Å²) in [6.45, 7) is -1.74. The summed E-state index contributed by atoms with van der Waals surface area (Å²) in [5.74, 6) is -4.32. The van der Waals surface area contributed by atoms with Crippen LogP contribution in [-0.2, 0) is 16.6 Å². The quantitative estimate of drug-likeness (QED) is 0.347. The van der Waals surface area contributed by atoms with Crippen molar-refractivity contribution in [2.24, 2.45) is 0 Å². The molecule has 0 amide bonds. The van der Waals surface area contributed by atoms with E-state index >= 15 is 0 Å². The molecule has 1 unspecified atom stereocenters. The Bertz CT molecular complexity index is 1620. The number of nitrogens with one attached hydrogen (secondary N) is 1. The summed E-state index contributed by atoms with van der Waals surface area (Å²) in [5.41, 5.74) is 1.12. The number of methoxy groups -OCH3 is 1. The van der Waals surface area contributed by atoms with Gasteiger partial charge in [0.1, 0.15) is 11.0 Å². The van der Waals surface area contributed by atoms with E-state index in [-0.39, 0.29) is 41.3 Å². The van der Waals surface area contributed by atoms with Crippen LogP contribution in [0.15, 0.2) is 30.7 Å². The van der Waals surface area contributed by atoms with Gasteiger partial charge in [-0.25, -0.2) is 39.9 Å². The fourth-order valence-electron chi connectivity index (χ4n) is 4.52. The predicted molar refractivity (Wildman–Crippen MR) is 128 cm³/mol. The van der Waals surface area contributed by atoms with Crippen molar-refractivity contribution in [2.45, 2.75) is 31.4 Å². The highest BCUT2D eigenvalue weighted by molar-refractivity contribution is 7.88. The fraction of sp³-hybridized carbons (Fsp3) is 0.409. The molecule has 16 heteroatoms. The molecule has 0 spiro atoms. The Balaban J connectivity index is 1.50. The van der Waals surface area contributed by atoms with Gasteiger partial charge in [0, 0.05) is 18.3 Å². The van der Waals surface area contributed by atoms with Gasteiger partial charge in [-0.05, 0) is 30.2 Å². The van der Waals surface area contributed by atoms with Crippen LogP contribution in [0, 0.1) is 5.82 Å². The van der Waals surface area contributed by atoms with Gasteiger partial charge in [0.05, 0.1) is 44.3 Å². The molecule has 1 fully saturated rings. The number of benzene rings is 1. The average Bonchev–Trinajstić information content (AvgIpc) is 3.43. The van der Waals surface area contributed by atoms with Crippen LogP contribution in [0.2, 0.25) is 0 Å². The van der Waals surface area contributed by atoms with E-state index in [1.807, 2.05) is 0 Å². The van der Waals surface area contributed by atoms with E-state index in [1.165, 1.54) is 30.0 Å². The minimum absolute atomic E-state index is 0.0130. The second-order valence-electron chi connectivity index (χ2n) is 8.92. The second kappa shape index (κ2) is 9.34. The van der Waals surface area contributed by atoms with Crippen LogP contribution in [0.5, 0.6) is 5.88 Å². The normalized spacial score (nSPS) is 18.5. The first-order valence-electron chi connectivity index (χ1n) is 11.3. The van der Waals surface area contributed by atoms with E-state index in [9.17, 15) is 30.4 Å². The third-order valence-electron chi connectivity index (χ3n) is 6.33. The van der Waals surface area contributed by atoms with E-state index in [0.717, 1.165) is 21.5 Å². The van der Waals surface area contributed by atoms with Crippen molar-refractivity contribution >= 4 is 32.5 Å². The molecule has 1 aliphatic rings. The van der Waals surface area contributed by atoms with Crippen molar-refractivity contribution in [1.82, 2.24) is 28.5 Å². The topological polar surface area (TPSA) is 107 Å². The maximum absolute atomic E-state index is 14.8. The molecule has 1 aromatic carbocycles. The third-order valence-corrected chi connectivity index (χ3v) is 7.58. The minimum Gasteiger partial charge on any atom is -0.479 e. The maximum atomic E-state index is 14.8. The highest BCUT2D eigenvalue weighted by Gasteiger charge is 2.47. The Morgan fingerprint density at radius 2 is 2.05 bits per heavy atom. The number of hydrogen-bond acceptors (Lipinski definition) is 7. The van der Waals surface area contributed by atoms with Crippen LogP contribution in [-0.4, -0.2) is 81.7 Å². The van der Waals surface area contributed by atoms with Gasteiger partial charge < -0.3 is 14.6 Å². The standard InChI is InChI=1S/C22H22F5N7O3S/c1-37-20-19-13(12-7-14(23)18-15(8-12)32(11-28-18)9-17(24)25)3-6-34(19)31-21(30-20)29-16-4-5-33(38(2,35)36)10-22(16,26)27/h3,6-8,11,16-17H,4-5,9-10H2,1-2H3,(H,29,31). The molecule has 1 aliphatic heterocycles. The molecule has 0 aliphatic carbocycles. The lowest BCUT2D eigenvalue weighted by Crippen LogP contribution is -2.55. The number of rotatable bonds is 7. The molecule has 3 aromatic heterocycles. The average molecular weight is 560 g/mol. The molecule has 0 radical (unpaired) electrons. The van der Waals surface area contributed by atoms with Crippen LogP contribution in [0.3, 0.4) is 0 Å². The molecule has 38 heavy (non-hydrogen) atoms. The Morgan fingerprint density at radius 3 is 2.71 bits per heavy atom. The van der Waals surface area contributed by atoms with Gasteiger partial charge in [-0.15, -0.1) is 5.10 Å². The number of ether oxygens (including phenoxy) is 1. The smallest absolute Gasteiger partial charge is 0.281 e. The number of halogens is 5. The van der Waals surface area contributed by atoms with Crippen molar-refractivity contribution < 1.29 is 35.1 Å². The molecule has 204 valence electrons. The number of piperidine rings is 1. The van der Waals surface area contributed by atoms with Gasteiger partial charge in [0.25, 0.3) is 12.3 Å². The number of nitrogens with zero attached hydrogens (tertiary/aromatic N) is 6. The molecule has 1 saturated heterocycles. The molecule has 0 saturated carbocycles. The number of hydrogen-bond donors (Lipinski definition) is 1. The molecule has 1 N–H and O–H groups in total. The van der Waals surface area contributed by atoms with Crippen molar-refractivity contribution in [3.8, 4) is 17.0 Å². The summed E-state index contributed by atoms with van der Waals surface area (Å²) in [6, 6.07) is 2.83. The van der Waals surface area contributed by atoms with E-state index in [4.69, 9.17) is 4.74 Å². The van der Waals surface area contributed by atoms with Crippen LogP contribution in [0.25, 0.3) is 27.7 Å². The van der Waals surface area contributed by atoms with Gasteiger partial charge >= 0.3 is 0 Å². The van der Waals surface area contributed by atoms with Gasteiger partial charge in [0.15, 0.2) is 5.82 Å². The summed E-state index contributed by atoms with van der Waals surface area (Å²) < 4.78 is 102. The van der Waals surface area contributed by atoms with Crippen molar-refractivity contribution in [1.29, 1.82) is 0 Å². The Morgan fingerprint density at radius 1 is 1.29 bits per heavy atom. The van der Waals surface area contributed by atoms with Gasteiger partial charge in [-0.2, -0.15) is 9.29 Å². The summed E-state index contributed by atoms with van der Waals surface area (Å²) in [5, 5.41) is 6.81. The monoisotopic (exact) mass is 559 g/mol. The lowest BCUT2D eigenvalue weighted by molar-refractivity contribution is -0.0541. The number of imidazole rings is 1. The highest BCUT2D eigenvalue weighted by Crippen LogP contribution is 2.35. The number of fused-ring (bicyclic) bond motifs is 2. The molecule has 0 bridgehead atoms. The second-order valence-corrected chi connectivity index (χ2v) is 10.9. The minimum atomic E-state index is -3.78. The summed E-state index contributed by atoms with van der Waals surface area (Å²) in [6.07, 6.45) is 0.646. The zero-order valence-corrected chi connectivity index (χ0v) is 20.9. The van der Waals surface area contributed by atoms with Crippen LogP contribution < -0.4 is 10.1 Å². The number of sulfonamides is 1. The maximum Gasteiger partial charge on any atom is 0.281 e. The summed E-state index contributed by atoms with van der Waals surface area (Å²) in [4.78, 5) is 8.08. The van der Waals surface area contributed by atoms with Crippen LogP contribution >= 0.6 is 0 Å². The fourth-order valence-corrected chi connectivity index (χ4v) is 5.37. The molecular weight excluding hydrogens is 537 g/mol. The van der Waals surface area contributed by atoms with Crippen molar-refractivity contribution in [3.05, 3.63) is 36.5 Å². The van der Waals surface area contributed by atoms with Crippen molar-refractivity contribution in [2.75, 3.05) is 31.8 Å². The molecular formula is C22H22F5N7O3S. The van der Waals surface area contributed by atoms with Gasteiger partial charge in [0.2, 0.25) is 21.9 Å². The lowest BCUT2D eigenvalue weighted by atomic mass is 10.0. The summed E-state index contributed by atoms with van der Waals surface area (Å²) >= 11 is 0. The first-order valence-corrected chi connectivity index (χ1v) is 13.2. The molecule has 4 aromatic rings. The first-order chi connectivity index (χ1) is 17.9. The Hall–Kier alpha value is -3.53. The van der Waals surface area contributed by atoms with E-state index in [2.05, 4.69) is 20.4 Å². The van der Waals surface area contributed by atoms with Gasteiger partial charge in [-0.3, -0.25) is 0 Å². The third kappa shape index (κ3) is 4.73. The SMILES string of the molecule is COc1nc(NC2CCN(S(C)(=O)=O)CC2(F)F)nn2ccc(-c3cc(F)c4ncn(CC(F)F)c4c3)c12. The van der Waals surface area contributed by atoms with E-state index in [0.29, 0.717) is 11.1 Å². The zero-order valence-electron chi connectivity index (χ0n) is 20.1. The molecule has 4 heterocycles.